The highest BCUT2D eigenvalue weighted by molar-refractivity contribution is 5.98. The van der Waals surface area contributed by atoms with Crippen LogP contribution in [0.1, 0.15) is 40.9 Å². The zero-order chi connectivity index (χ0) is 19.2. The van der Waals surface area contributed by atoms with Crippen LogP contribution in [0.5, 0.6) is 0 Å². The van der Waals surface area contributed by atoms with Crippen molar-refractivity contribution >= 4 is 22.4 Å². The molecule has 1 aromatic heterocycles. The number of aromatic carboxylic acids is 1. The first-order chi connectivity index (χ1) is 12.8. The van der Waals surface area contributed by atoms with E-state index in [0.29, 0.717) is 22.3 Å². The lowest BCUT2D eigenvalue weighted by atomic mass is 10.1. The van der Waals surface area contributed by atoms with E-state index >= 15 is 0 Å². The molecule has 0 bridgehead atoms. The van der Waals surface area contributed by atoms with Gasteiger partial charge in [-0.2, -0.15) is 18.3 Å². The third-order valence-corrected chi connectivity index (χ3v) is 4.71. The third kappa shape index (κ3) is 3.09. The molecular weight excluding hydrogens is 357 g/mol. The zero-order valence-corrected chi connectivity index (χ0v) is 14.1. The number of fused-ring (bicyclic) bond motifs is 1. The fourth-order valence-electron chi connectivity index (χ4n) is 3.36. The number of carbonyl (C=O) groups is 1. The van der Waals surface area contributed by atoms with Gasteiger partial charge in [-0.1, -0.05) is 6.08 Å². The van der Waals surface area contributed by atoms with Crippen LogP contribution < -0.4 is 0 Å². The maximum absolute atomic E-state index is 12.8. The first-order valence-electron chi connectivity index (χ1n) is 8.48. The van der Waals surface area contributed by atoms with Crippen LogP contribution in [0.3, 0.4) is 0 Å². The van der Waals surface area contributed by atoms with E-state index in [1.165, 1.54) is 18.2 Å². The van der Waals surface area contributed by atoms with E-state index in [1.54, 1.807) is 16.8 Å². The van der Waals surface area contributed by atoms with Gasteiger partial charge in [0.2, 0.25) is 0 Å². The molecule has 138 valence electrons. The highest BCUT2D eigenvalue weighted by Crippen LogP contribution is 2.34. The van der Waals surface area contributed by atoms with Crippen molar-refractivity contribution in [3.8, 4) is 5.69 Å². The molecule has 2 aromatic carbocycles. The molecule has 4 nitrogen and oxygen atoms in total. The lowest BCUT2D eigenvalue weighted by molar-refractivity contribution is -0.137. The van der Waals surface area contributed by atoms with Gasteiger partial charge in [0.1, 0.15) is 0 Å². The Morgan fingerprint density at radius 2 is 1.85 bits per heavy atom. The van der Waals surface area contributed by atoms with Gasteiger partial charge in [-0.25, -0.2) is 9.48 Å². The predicted molar refractivity (Wildman–Crippen MR) is 94.9 cm³/mol. The molecule has 27 heavy (non-hydrogen) atoms. The van der Waals surface area contributed by atoms with Gasteiger partial charge >= 0.3 is 12.1 Å². The highest BCUT2D eigenvalue weighted by Gasteiger charge is 2.30. The van der Waals surface area contributed by atoms with E-state index in [4.69, 9.17) is 0 Å². The monoisotopic (exact) mass is 372 g/mol. The van der Waals surface area contributed by atoms with E-state index in [-0.39, 0.29) is 5.56 Å². The molecule has 3 aromatic rings. The van der Waals surface area contributed by atoms with Crippen molar-refractivity contribution in [2.75, 3.05) is 0 Å². The van der Waals surface area contributed by atoms with Gasteiger partial charge in [0.15, 0.2) is 0 Å². The molecule has 0 amide bonds. The van der Waals surface area contributed by atoms with Crippen LogP contribution in [0.2, 0.25) is 0 Å². The number of hydrogen-bond acceptors (Lipinski definition) is 2. The Bertz CT molecular complexity index is 1060. The van der Waals surface area contributed by atoms with Crippen molar-refractivity contribution in [2.24, 2.45) is 0 Å². The molecule has 1 aliphatic rings. The smallest absolute Gasteiger partial charge is 0.416 e. The van der Waals surface area contributed by atoms with Crippen molar-refractivity contribution in [2.45, 2.75) is 25.4 Å². The summed E-state index contributed by atoms with van der Waals surface area (Å²) in [5.74, 6) is -1.04. The second kappa shape index (κ2) is 6.26. The first-order valence-corrected chi connectivity index (χ1v) is 8.48. The van der Waals surface area contributed by atoms with Crippen LogP contribution in [0.4, 0.5) is 13.2 Å². The normalized spacial score (nSPS) is 14.6. The molecule has 7 heteroatoms. The topological polar surface area (TPSA) is 55.1 Å². The van der Waals surface area contributed by atoms with Crippen molar-refractivity contribution in [3.63, 3.8) is 0 Å². The summed E-state index contributed by atoms with van der Waals surface area (Å²) in [6, 6.07) is 9.45. The lowest BCUT2D eigenvalue weighted by Gasteiger charge is -2.08. The van der Waals surface area contributed by atoms with E-state index in [0.717, 1.165) is 37.0 Å². The van der Waals surface area contributed by atoms with Crippen LogP contribution in [0.25, 0.3) is 22.2 Å². The van der Waals surface area contributed by atoms with Crippen molar-refractivity contribution in [1.82, 2.24) is 9.78 Å². The van der Waals surface area contributed by atoms with Gasteiger partial charge in [0.25, 0.3) is 0 Å². The van der Waals surface area contributed by atoms with E-state index < -0.39 is 17.7 Å². The summed E-state index contributed by atoms with van der Waals surface area (Å²) in [7, 11) is 0. The number of halogens is 3. The second-order valence-electron chi connectivity index (χ2n) is 6.46. The molecule has 0 radical (unpaired) electrons. The van der Waals surface area contributed by atoms with Gasteiger partial charge in [-0.3, -0.25) is 0 Å². The maximum Gasteiger partial charge on any atom is 0.416 e. The Morgan fingerprint density at radius 1 is 1.11 bits per heavy atom. The summed E-state index contributed by atoms with van der Waals surface area (Å²) >= 11 is 0. The summed E-state index contributed by atoms with van der Waals surface area (Å²) in [5.41, 5.74) is 2.28. The van der Waals surface area contributed by atoms with E-state index in [2.05, 4.69) is 11.2 Å². The molecule has 1 N–H and O–H groups in total. The van der Waals surface area contributed by atoms with Gasteiger partial charge in [-0.05, 0) is 67.3 Å². The number of benzene rings is 2. The number of nitrogens with zero attached hydrogens (tertiary/aromatic N) is 2. The Balaban J connectivity index is 1.89. The standard InChI is InChI=1S/C20H15F3N2O2/c21-20(22,23)14-6-8-15(9-7-14)25-17-10-5-13(19(26)27)11-16(17)18(24-25)12-3-1-2-4-12/h3,5-11H,1-2,4H2,(H,26,27). The average molecular weight is 372 g/mol. The minimum absolute atomic E-state index is 0.148. The largest absolute Gasteiger partial charge is 0.478 e. The molecule has 0 atom stereocenters. The van der Waals surface area contributed by atoms with Gasteiger partial charge in [-0.15, -0.1) is 0 Å². The molecule has 0 fully saturated rings. The van der Waals surface area contributed by atoms with Gasteiger partial charge in [0, 0.05) is 5.39 Å². The quantitative estimate of drug-likeness (QED) is 0.678. The molecule has 0 saturated carbocycles. The Hall–Kier alpha value is -3.09. The summed E-state index contributed by atoms with van der Waals surface area (Å²) in [4.78, 5) is 11.3. The molecular formula is C20H15F3N2O2. The number of carboxylic acids is 1. The Morgan fingerprint density at radius 3 is 2.44 bits per heavy atom. The molecule has 1 aliphatic carbocycles. The molecule has 0 aliphatic heterocycles. The third-order valence-electron chi connectivity index (χ3n) is 4.71. The number of alkyl halides is 3. The first kappa shape index (κ1) is 17.3. The minimum atomic E-state index is -4.40. The number of allylic oxidation sites excluding steroid dienone is 2. The SMILES string of the molecule is O=C(O)c1ccc2c(c1)c(C1=CCCC1)nn2-c1ccc(C(F)(F)F)cc1. The van der Waals surface area contributed by atoms with Crippen LogP contribution in [-0.2, 0) is 6.18 Å². The number of hydrogen-bond donors (Lipinski definition) is 1. The summed E-state index contributed by atoms with van der Waals surface area (Å²) < 4.78 is 40.0. The lowest BCUT2D eigenvalue weighted by Crippen LogP contribution is -2.05. The van der Waals surface area contributed by atoms with Crippen molar-refractivity contribution in [3.05, 3.63) is 65.4 Å². The summed E-state index contributed by atoms with van der Waals surface area (Å²) in [6.45, 7) is 0. The fraction of sp³-hybridized carbons (Fsp3) is 0.200. The van der Waals surface area contributed by atoms with Crippen LogP contribution in [0.15, 0.2) is 48.5 Å². The van der Waals surface area contributed by atoms with Crippen LogP contribution in [0, 0.1) is 0 Å². The highest BCUT2D eigenvalue weighted by atomic mass is 19.4. The number of carboxylic acid groups (broad SMARTS) is 1. The van der Waals surface area contributed by atoms with Crippen LogP contribution >= 0.6 is 0 Å². The molecule has 1 heterocycles. The van der Waals surface area contributed by atoms with Gasteiger partial charge in [0.05, 0.1) is 28.0 Å². The maximum atomic E-state index is 12.8. The average Bonchev–Trinajstić information content (AvgIpc) is 3.28. The predicted octanol–water partition coefficient (Wildman–Crippen LogP) is 5.31. The van der Waals surface area contributed by atoms with Crippen LogP contribution in [-0.4, -0.2) is 20.9 Å². The second-order valence-corrected chi connectivity index (χ2v) is 6.46. The molecule has 4 rings (SSSR count). The molecule has 0 saturated heterocycles. The van der Waals surface area contributed by atoms with Gasteiger partial charge < -0.3 is 5.11 Å². The van der Waals surface area contributed by atoms with E-state index in [9.17, 15) is 23.1 Å². The van der Waals surface area contributed by atoms with Crippen molar-refractivity contribution < 1.29 is 23.1 Å². The molecule has 0 unspecified atom stereocenters. The Labute approximate surface area is 152 Å². The Kier molecular flexibility index (Phi) is 4.02. The number of rotatable bonds is 3. The zero-order valence-electron chi connectivity index (χ0n) is 14.1. The minimum Gasteiger partial charge on any atom is -0.478 e. The molecule has 0 spiro atoms. The number of aromatic nitrogens is 2. The van der Waals surface area contributed by atoms with E-state index in [1.807, 2.05) is 0 Å². The summed E-state index contributed by atoms with van der Waals surface area (Å²) in [5, 5.41) is 14.6. The summed E-state index contributed by atoms with van der Waals surface area (Å²) in [6.07, 6.45) is 0.453. The van der Waals surface area contributed by atoms with Crippen molar-refractivity contribution in [1.29, 1.82) is 0 Å². The fourth-order valence-corrected chi connectivity index (χ4v) is 3.36.